The lowest BCUT2D eigenvalue weighted by Crippen LogP contribution is -2.28. The van der Waals surface area contributed by atoms with E-state index in [-0.39, 0.29) is 0 Å². The summed E-state index contributed by atoms with van der Waals surface area (Å²) in [7, 11) is -0.848. The third-order valence-corrected chi connectivity index (χ3v) is 7.00. The van der Waals surface area contributed by atoms with E-state index in [4.69, 9.17) is 0 Å². The molecule has 3 nitrogen and oxygen atoms in total. The maximum Gasteiger partial charge on any atom is 0.150 e. The van der Waals surface area contributed by atoms with Gasteiger partial charge >= 0.3 is 0 Å². The molecule has 0 aliphatic carbocycles. The van der Waals surface area contributed by atoms with Crippen LogP contribution in [0.3, 0.4) is 0 Å². The van der Waals surface area contributed by atoms with Crippen LogP contribution >= 0.6 is 27.3 Å². The van der Waals surface area contributed by atoms with E-state index in [1.165, 1.54) is 4.88 Å². The minimum Gasteiger partial charge on any atom is -0.319 e. The van der Waals surface area contributed by atoms with Crippen LogP contribution in [-0.4, -0.2) is 33.5 Å². The van der Waals surface area contributed by atoms with Crippen molar-refractivity contribution in [3.05, 3.63) is 20.8 Å². The minimum atomic E-state index is -2.78. The molecule has 0 aromatic carbocycles. The van der Waals surface area contributed by atoms with Gasteiger partial charge in [0, 0.05) is 14.7 Å². The van der Waals surface area contributed by atoms with Crippen molar-refractivity contribution in [3.63, 3.8) is 0 Å². The molecular weight excluding hydrogens is 334 g/mol. The second kappa shape index (κ2) is 6.03. The lowest BCUT2D eigenvalue weighted by atomic mass is 9.88. The zero-order valence-corrected chi connectivity index (χ0v) is 13.6. The fourth-order valence-electron chi connectivity index (χ4n) is 2.58. The van der Waals surface area contributed by atoms with Crippen LogP contribution in [0.5, 0.6) is 0 Å². The summed E-state index contributed by atoms with van der Waals surface area (Å²) < 4.78 is 24.3. The Morgan fingerprint density at radius 1 is 1.61 bits per heavy atom. The average molecular weight is 352 g/mol. The Labute approximate surface area is 121 Å². The molecule has 102 valence electrons. The standard InChI is InChI=1S/C12H18BrNO2S2/c1-14-6-10(4-12-5-11(13)7-17-12)9-2-3-18(15,16)8-9/h5,7,9-10,14H,2-4,6,8H2,1H3. The SMILES string of the molecule is CNCC(Cc1cc(Br)cs1)C1CCS(=O)(=O)C1. The highest BCUT2D eigenvalue weighted by Crippen LogP contribution is 2.30. The molecule has 2 rings (SSSR count). The first kappa shape index (κ1) is 14.5. The third kappa shape index (κ3) is 3.79. The van der Waals surface area contributed by atoms with E-state index >= 15 is 0 Å². The summed E-state index contributed by atoms with van der Waals surface area (Å²) >= 11 is 5.20. The second-order valence-electron chi connectivity index (χ2n) is 4.92. The van der Waals surface area contributed by atoms with Gasteiger partial charge in [0.15, 0.2) is 9.84 Å². The van der Waals surface area contributed by atoms with Crippen molar-refractivity contribution in [1.29, 1.82) is 0 Å². The van der Waals surface area contributed by atoms with Crippen LogP contribution in [0.15, 0.2) is 15.9 Å². The van der Waals surface area contributed by atoms with E-state index in [9.17, 15) is 8.42 Å². The van der Waals surface area contributed by atoms with Crippen LogP contribution in [0.25, 0.3) is 0 Å². The molecule has 1 fully saturated rings. The Morgan fingerprint density at radius 2 is 2.39 bits per heavy atom. The Morgan fingerprint density at radius 3 is 2.89 bits per heavy atom. The van der Waals surface area contributed by atoms with Crippen molar-refractivity contribution in [2.75, 3.05) is 25.1 Å². The zero-order chi connectivity index (χ0) is 13.2. The average Bonchev–Trinajstić information content (AvgIpc) is 2.84. The van der Waals surface area contributed by atoms with E-state index in [0.29, 0.717) is 23.3 Å². The number of rotatable bonds is 5. The molecule has 0 spiro atoms. The summed E-state index contributed by atoms with van der Waals surface area (Å²) in [6.45, 7) is 0.885. The molecule has 1 aromatic heterocycles. The summed E-state index contributed by atoms with van der Waals surface area (Å²) in [5.74, 6) is 1.46. The minimum absolute atomic E-state index is 0.309. The van der Waals surface area contributed by atoms with Gasteiger partial charge in [0.2, 0.25) is 0 Å². The fraction of sp³-hybridized carbons (Fsp3) is 0.667. The van der Waals surface area contributed by atoms with Crippen LogP contribution in [-0.2, 0) is 16.3 Å². The molecule has 1 aliphatic heterocycles. The monoisotopic (exact) mass is 351 g/mol. The number of hydrogen-bond acceptors (Lipinski definition) is 4. The molecule has 2 atom stereocenters. The Hall–Kier alpha value is 0.0900. The van der Waals surface area contributed by atoms with Crippen LogP contribution in [0.1, 0.15) is 11.3 Å². The highest BCUT2D eigenvalue weighted by molar-refractivity contribution is 9.10. The van der Waals surface area contributed by atoms with Crippen LogP contribution in [0.2, 0.25) is 0 Å². The first-order valence-corrected chi connectivity index (χ1v) is 9.57. The Kier molecular flexibility index (Phi) is 4.86. The smallest absolute Gasteiger partial charge is 0.150 e. The van der Waals surface area contributed by atoms with E-state index in [1.807, 2.05) is 7.05 Å². The summed E-state index contributed by atoms with van der Waals surface area (Å²) in [6.07, 6.45) is 1.79. The van der Waals surface area contributed by atoms with Gasteiger partial charge in [0.25, 0.3) is 0 Å². The summed E-state index contributed by atoms with van der Waals surface area (Å²) in [4.78, 5) is 1.33. The normalized spacial score (nSPS) is 24.2. The molecule has 1 aliphatic rings. The van der Waals surface area contributed by atoms with Crippen LogP contribution < -0.4 is 5.32 Å². The van der Waals surface area contributed by atoms with Crippen molar-refractivity contribution in [1.82, 2.24) is 5.32 Å². The maximum absolute atomic E-state index is 11.6. The molecule has 18 heavy (non-hydrogen) atoms. The van der Waals surface area contributed by atoms with Gasteiger partial charge in [-0.2, -0.15) is 0 Å². The third-order valence-electron chi connectivity index (χ3n) is 3.49. The van der Waals surface area contributed by atoms with Crippen LogP contribution in [0, 0.1) is 11.8 Å². The summed E-state index contributed by atoms with van der Waals surface area (Å²) in [5, 5.41) is 5.28. The molecule has 1 saturated heterocycles. The molecule has 6 heteroatoms. The molecule has 2 heterocycles. The summed E-state index contributed by atoms with van der Waals surface area (Å²) in [5.41, 5.74) is 0. The highest BCUT2D eigenvalue weighted by Gasteiger charge is 2.33. The van der Waals surface area contributed by atoms with E-state index in [2.05, 4.69) is 32.7 Å². The number of nitrogens with one attached hydrogen (secondary N) is 1. The number of halogens is 1. The van der Waals surface area contributed by atoms with Gasteiger partial charge in [-0.25, -0.2) is 8.42 Å². The van der Waals surface area contributed by atoms with Crippen molar-refractivity contribution >= 4 is 37.1 Å². The topological polar surface area (TPSA) is 46.2 Å². The molecule has 1 aromatic rings. The second-order valence-corrected chi connectivity index (χ2v) is 9.06. The number of thiophene rings is 1. The van der Waals surface area contributed by atoms with E-state index < -0.39 is 9.84 Å². The molecule has 0 saturated carbocycles. The highest BCUT2D eigenvalue weighted by atomic mass is 79.9. The van der Waals surface area contributed by atoms with Gasteiger partial charge < -0.3 is 5.32 Å². The van der Waals surface area contributed by atoms with Crippen molar-refractivity contribution in [2.45, 2.75) is 12.8 Å². The summed E-state index contributed by atoms with van der Waals surface area (Å²) in [6, 6.07) is 2.14. The molecule has 1 N–H and O–H groups in total. The van der Waals surface area contributed by atoms with Gasteiger partial charge in [0.05, 0.1) is 11.5 Å². The Bertz CT molecular complexity index is 498. The predicted octanol–water partition coefficient (Wildman–Crippen LogP) is 2.32. The van der Waals surface area contributed by atoms with Crippen LogP contribution in [0.4, 0.5) is 0 Å². The van der Waals surface area contributed by atoms with Crippen molar-refractivity contribution in [3.8, 4) is 0 Å². The largest absolute Gasteiger partial charge is 0.319 e. The quantitative estimate of drug-likeness (QED) is 0.885. The molecule has 0 radical (unpaired) electrons. The molecule has 0 bridgehead atoms. The van der Waals surface area contributed by atoms with Gasteiger partial charge in [0.1, 0.15) is 0 Å². The van der Waals surface area contributed by atoms with Crippen molar-refractivity contribution in [2.24, 2.45) is 11.8 Å². The lowest BCUT2D eigenvalue weighted by molar-refractivity contribution is 0.353. The van der Waals surface area contributed by atoms with E-state index in [1.54, 1.807) is 11.3 Å². The van der Waals surface area contributed by atoms with Gasteiger partial charge in [-0.3, -0.25) is 0 Å². The van der Waals surface area contributed by atoms with Gasteiger partial charge in [-0.1, -0.05) is 0 Å². The van der Waals surface area contributed by atoms with E-state index in [0.717, 1.165) is 23.9 Å². The Balaban J connectivity index is 2.04. The van der Waals surface area contributed by atoms with Gasteiger partial charge in [-0.15, -0.1) is 11.3 Å². The number of sulfone groups is 1. The first-order valence-electron chi connectivity index (χ1n) is 6.08. The number of hydrogen-bond donors (Lipinski definition) is 1. The van der Waals surface area contributed by atoms with Crippen molar-refractivity contribution < 1.29 is 8.42 Å². The predicted molar refractivity (Wildman–Crippen MR) is 79.9 cm³/mol. The molecule has 2 unspecified atom stereocenters. The molecule has 0 amide bonds. The lowest BCUT2D eigenvalue weighted by Gasteiger charge is -2.21. The van der Waals surface area contributed by atoms with Gasteiger partial charge in [-0.05, 0) is 60.3 Å². The molecular formula is C12H18BrNO2S2. The fourth-order valence-corrected chi connectivity index (χ4v) is 6.05. The maximum atomic E-state index is 11.6. The first-order chi connectivity index (χ1) is 8.50. The zero-order valence-electron chi connectivity index (χ0n) is 10.4.